The van der Waals surface area contributed by atoms with Crippen LogP contribution in [0.3, 0.4) is 0 Å². The monoisotopic (exact) mass is 425 g/mol. The zero-order valence-corrected chi connectivity index (χ0v) is 18.2. The third kappa shape index (κ3) is 23.8. The molecule has 0 aliphatic carbocycles. The third-order valence-corrected chi connectivity index (χ3v) is 3.89. The van der Waals surface area contributed by atoms with E-state index in [-0.39, 0.29) is 13.2 Å². The van der Waals surface area contributed by atoms with E-state index in [1.165, 1.54) is 0 Å². The van der Waals surface area contributed by atoms with Crippen LogP contribution in [0.2, 0.25) is 0 Å². The number of ether oxygens (including phenoxy) is 6. The number of hydrogen-bond acceptors (Lipinski definition) is 9. The van der Waals surface area contributed by atoms with Gasteiger partial charge in [-0.3, -0.25) is 4.90 Å². The van der Waals surface area contributed by atoms with Crippen molar-refractivity contribution in [3.05, 3.63) is 0 Å². The number of hydrogen-bond donors (Lipinski definition) is 2. The van der Waals surface area contributed by atoms with Crippen LogP contribution in [0.4, 0.5) is 0 Å². The molecule has 0 aromatic rings. The molecule has 0 aromatic carbocycles. The van der Waals surface area contributed by atoms with Gasteiger partial charge in [0.2, 0.25) is 0 Å². The number of nitrogens with zero attached hydrogens (tertiary/aromatic N) is 1. The first-order valence-electron chi connectivity index (χ1n) is 10.8. The summed E-state index contributed by atoms with van der Waals surface area (Å²) < 4.78 is 32.3. The van der Waals surface area contributed by atoms with Gasteiger partial charge < -0.3 is 38.6 Å². The van der Waals surface area contributed by atoms with Crippen molar-refractivity contribution in [2.24, 2.45) is 0 Å². The highest BCUT2D eigenvalue weighted by Gasteiger charge is 2.04. The van der Waals surface area contributed by atoms with Crippen LogP contribution in [0, 0.1) is 0 Å². The maximum Gasteiger partial charge on any atom is 0.0701 e. The van der Waals surface area contributed by atoms with Crippen LogP contribution >= 0.6 is 0 Å². The first-order chi connectivity index (χ1) is 14.3. The molecule has 0 amide bonds. The Morgan fingerprint density at radius 2 is 0.828 bits per heavy atom. The normalized spacial score (nSPS) is 11.6. The van der Waals surface area contributed by atoms with Gasteiger partial charge in [-0.15, -0.1) is 0 Å². The van der Waals surface area contributed by atoms with Crippen LogP contribution in [0.15, 0.2) is 0 Å². The molecular formula is C20H43NO8. The zero-order valence-electron chi connectivity index (χ0n) is 18.2. The molecule has 0 saturated carbocycles. The van der Waals surface area contributed by atoms with Crippen LogP contribution in [0.1, 0.15) is 19.8 Å². The average Bonchev–Trinajstić information content (AvgIpc) is 2.74. The Hall–Kier alpha value is -0.360. The van der Waals surface area contributed by atoms with Gasteiger partial charge in [-0.1, -0.05) is 13.3 Å². The van der Waals surface area contributed by atoms with E-state index in [4.69, 9.17) is 38.6 Å². The van der Waals surface area contributed by atoms with Gasteiger partial charge in [0.1, 0.15) is 0 Å². The van der Waals surface area contributed by atoms with Crippen LogP contribution in [-0.4, -0.2) is 127 Å². The predicted octanol–water partition coefficient (Wildman–Crippen LogP) is 0.173. The lowest BCUT2D eigenvalue weighted by Crippen LogP contribution is -2.32. The van der Waals surface area contributed by atoms with Crippen LogP contribution in [0.25, 0.3) is 0 Å². The molecule has 29 heavy (non-hydrogen) atoms. The summed E-state index contributed by atoms with van der Waals surface area (Å²) in [7, 11) is 0. The van der Waals surface area contributed by atoms with Gasteiger partial charge in [0.05, 0.1) is 92.5 Å². The highest BCUT2D eigenvalue weighted by molar-refractivity contribution is 4.57. The smallest absolute Gasteiger partial charge is 0.0701 e. The summed E-state index contributed by atoms with van der Waals surface area (Å²) >= 11 is 0. The van der Waals surface area contributed by atoms with E-state index < -0.39 is 0 Å². The lowest BCUT2D eigenvalue weighted by molar-refractivity contribution is -0.00214. The standard InChI is InChI=1S/C20H43NO8/c1-2-3-4-21(5-9-24-13-17-28-19-15-26-11-7-22)6-10-25-14-18-29-20-16-27-12-8-23/h22-23H,2-20H2,1H3. The molecule has 0 rings (SSSR count). The maximum atomic E-state index is 8.59. The molecule has 9 nitrogen and oxygen atoms in total. The summed E-state index contributed by atoms with van der Waals surface area (Å²) in [5.74, 6) is 0. The Morgan fingerprint density at radius 3 is 1.17 bits per heavy atom. The first-order valence-corrected chi connectivity index (χ1v) is 10.8. The second kappa shape index (κ2) is 25.7. The summed E-state index contributed by atoms with van der Waals surface area (Å²) in [6.07, 6.45) is 2.32. The van der Waals surface area contributed by atoms with Crippen molar-refractivity contribution < 1.29 is 38.6 Å². The maximum absolute atomic E-state index is 8.59. The van der Waals surface area contributed by atoms with Crippen molar-refractivity contribution in [2.45, 2.75) is 19.8 Å². The zero-order chi connectivity index (χ0) is 21.3. The van der Waals surface area contributed by atoms with Crippen LogP contribution < -0.4 is 0 Å². The molecule has 0 unspecified atom stereocenters. The van der Waals surface area contributed by atoms with Crippen LogP contribution in [0.5, 0.6) is 0 Å². The molecule has 176 valence electrons. The number of aliphatic hydroxyl groups excluding tert-OH is 2. The summed E-state index contributed by atoms with van der Waals surface area (Å²) in [4.78, 5) is 2.36. The molecule has 0 aromatic heterocycles. The quantitative estimate of drug-likeness (QED) is 0.198. The molecule has 0 atom stereocenters. The highest BCUT2D eigenvalue weighted by atomic mass is 16.6. The van der Waals surface area contributed by atoms with Gasteiger partial charge in [-0.05, 0) is 13.0 Å². The van der Waals surface area contributed by atoms with Gasteiger partial charge in [0.25, 0.3) is 0 Å². The molecule has 0 heterocycles. The van der Waals surface area contributed by atoms with E-state index in [0.717, 1.165) is 32.5 Å². The van der Waals surface area contributed by atoms with Gasteiger partial charge in [0, 0.05) is 13.1 Å². The van der Waals surface area contributed by atoms with E-state index in [1.807, 2.05) is 0 Å². The van der Waals surface area contributed by atoms with E-state index in [2.05, 4.69) is 11.8 Å². The molecule has 0 radical (unpaired) electrons. The second-order valence-corrected chi connectivity index (χ2v) is 6.32. The Bertz CT molecular complexity index is 276. The molecular weight excluding hydrogens is 382 g/mol. The van der Waals surface area contributed by atoms with E-state index >= 15 is 0 Å². The minimum Gasteiger partial charge on any atom is -0.394 e. The van der Waals surface area contributed by atoms with Crippen molar-refractivity contribution in [1.82, 2.24) is 4.90 Å². The van der Waals surface area contributed by atoms with Gasteiger partial charge in [-0.25, -0.2) is 0 Å². The SMILES string of the molecule is CCCCN(CCOCCOCCOCCO)CCOCCOCCOCCO. The fourth-order valence-corrected chi connectivity index (χ4v) is 2.32. The molecule has 2 N–H and O–H groups in total. The fourth-order valence-electron chi connectivity index (χ4n) is 2.32. The van der Waals surface area contributed by atoms with Crippen molar-refractivity contribution in [3.8, 4) is 0 Å². The molecule has 0 bridgehead atoms. The summed E-state index contributed by atoms with van der Waals surface area (Å²) in [6, 6.07) is 0. The lowest BCUT2D eigenvalue weighted by atomic mass is 10.3. The Labute approximate surface area is 176 Å². The minimum atomic E-state index is 0.0397. The second-order valence-electron chi connectivity index (χ2n) is 6.32. The summed E-state index contributed by atoms with van der Waals surface area (Å²) in [5.41, 5.74) is 0. The minimum absolute atomic E-state index is 0.0397. The third-order valence-electron chi connectivity index (χ3n) is 3.89. The topological polar surface area (TPSA) is 99.1 Å². The molecule has 9 heteroatoms. The fraction of sp³-hybridized carbons (Fsp3) is 1.00. The van der Waals surface area contributed by atoms with Crippen LogP contribution in [-0.2, 0) is 28.4 Å². The van der Waals surface area contributed by atoms with Gasteiger partial charge in [-0.2, -0.15) is 0 Å². The molecule has 0 aliphatic heterocycles. The molecule has 0 fully saturated rings. The highest BCUT2D eigenvalue weighted by Crippen LogP contribution is 1.96. The number of rotatable bonds is 25. The number of aliphatic hydroxyl groups is 2. The Kier molecular flexibility index (Phi) is 25.4. The lowest BCUT2D eigenvalue weighted by Gasteiger charge is -2.22. The molecule has 0 aliphatic rings. The first kappa shape index (κ1) is 28.6. The molecule has 0 saturated heterocycles. The van der Waals surface area contributed by atoms with Gasteiger partial charge in [0.15, 0.2) is 0 Å². The Balaban J connectivity index is 3.52. The van der Waals surface area contributed by atoms with E-state index in [0.29, 0.717) is 79.3 Å². The van der Waals surface area contributed by atoms with Crippen molar-refractivity contribution in [1.29, 1.82) is 0 Å². The predicted molar refractivity (Wildman–Crippen MR) is 110 cm³/mol. The van der Waals surface area contributed by atoms with E-state index in [9.17, 15) is 0 Å². The summed E-state index contributed by atoms with van der Waals surface area (Å²) in [5, 5.41) is 17.2. The van der Waals surface area contributed by atoms with Crippen molar-refractivity contribution >= 4 is 0 Å². The average molecular weight is 426 g/mol. The van der Waals surface area contributed by atoms with Crippen molar-refractivity contribution in [2.75, 3.05) is 112 Å². The summed E-state index contributed by atoms with van der Waals surface area (Å²) in [6.45, 7) is 11.4. The van der Waals surface area contributed by atoms with Gasteiger partial charge >= 0.3 is 0 Å². The van der Waals surface area contributed by atoms with E-state index in [1.54, 1.807) is 0 Å². The largest absolute Gasteiger partial charge is 0.394 e. The Morgan fingerprint density at radius 1 is 0.483 bits per heavy atom. The van der Waals surface area contributed by atoms with Crippen molar-refractivity contribution in [3.63, 3.8) is 0 Å². The molecule has 0 spiro atoms. The number of unbranched alkanes of at least 4 members (excludes halogenated alkanes) is 1.